The summed E-state index contributed by atoms with van der Waals surface area (Å²) in [4.78, 5) is 31.4. The largest absolute Gasteiger partial charge is 0.361 e. The summed E-state index contributed by atoms with van der Waals surface area (Å²) in [5.74, 6) is -0.212. The summed E-state index contributed by atoms with van der Waals surface area (Å²) < 4.78 is 18.2. The second kappa shape index (κ2) is 9.21. The first-order chi connectivity index (χ1) is 15.1. The maximum atomic E-state index is 13.0. The molecule has 4 aromatic rings. The zero-order chi connectivity index (χ0) is 21.6. The molecule has 2 aromatic heterocycles. The number of hydrogen-bond donors (Lipinski definition) is 3. The van der Waals surface area contributed by atoms with E-state index in [0.29, 0.717) is 30.1 Å². The average molecular weight is 421 g/mol. The Labute approximate surface area is 176 Å². The number of aromatic nitrogens is 3. The van der Waals surface area contributed by atoms with Crippen LogP contribution in [0.25, 0.3) is 22.3 Å². The highest BCUT2D eigenvalue weighted by molar-refractivity contribution is 5.89. The first-order valence-corrected chi connectivity index (χ1v) is 9.80. The summed E-state index contributed by atoms with van der Waals surface area (Å²) in [6, 6.07) is 13.5. The van der Waals surface area contributed by atoms with E-state index < -0.39 is 0 Å². The maximum Gasteiger partial charge on any atom is 0.242 e. The third-order valence-electron chi connectivity index (χ3n) is 4.73. The van der Waals surface area contributed by atoms with Crippen LogP contribution in [0.1, 0.15) is 24.3 Å². The third kappa shape index (κ3) is 5.13. The molecule has 0 spiro atoms. The highest BCUT2D eigenvalue weighted by Crippen LogP contribution is 2.18. The number of amides is 2. The van der Waals surface area contributed by atoms with Crippen LogP contribution in [0.2, 0.25) is 0 Å². The predicted molar refractivity (Wildman–Crippen MR) is 111 cm³/mol. The summed E-state index contributed by atoms with van der Waals surface area (Å²) in [5, 5.41) is 4.84. The number of fused-ring (bicyclic) bond motifs is 1. The monoisotopic (exact) mass is 421 g/mol. The van der Waals surface area contributed by atoms with E-state index >= 15 is 0 Å². The van der Waals surface area contributed by atoms with Crippen molar-refractivity contribution in [1.29, 1.82) is 0 Å². The highest BCUT2D eigenvalue weighted by Gasteiger charge is 2.12. The maximum absolute atomic E-state index is 13.0. The van der Waals surface area contributed by atoms with Crippen LogP contribution in [0.15, 0.2) is 59.3 Å². The van der Waals surface area contributed by atoms with E-state index in [1.807, 2.05) is 24.3 Å². The number of benzene rings is 2. The van der Waals surface area contributed by atoms with Gasteiger partial charge >= 0.3 is 0 Å². The molecule has 0 atom stereocenters. The average Bonchev–Trinajstić information content (AvgIpc) is 3.41. The first-order valence-electron chi connectivity index (χ1n) is 9.80. The first kappa shape index (κ1) is 20.3. The minimum Gasteiger partial charge on any atom is -0.361 e. The van der Waals surface area contributed by atoms with Crippen LogP contribution in [0.3, 0.4) is 0 Å². The summed E-state index contributed by atoms with van der Waals surface area (Å²) in [7, 11) is 0. The Morgan fingerprint density at radius 1 is 1.03 bits per heavy atom. The molecule has 0 radical (unpaired) electrons. The van der Waals surface area contributed by atoms with Gasteiger partial charge in [0.05, 0.1) is 6.42 Å². The molecule has 158 valence electrons. The van der Waals surface area contributed by atoms with Gasteiger partial charge in [-0.15, -0.1) is 0 Å². The second-order valence-electron chi connectivity index (χ2n) is 7.00. The molecule has 0 aliphatic heterocycles. The van der Waals surface area contributed by atoms with Gasteiger partial charge in [0.2, 0.25) is 23.5 Å². The summed E-state index contributed by atoms with van der Waals surface area (Å²) >= 11 is 0. The molecule has 3 N–H and O–H groups in total. The molecule has 31 heavy (non-hydrogen) atoms. The van der Waals surface area contributed by atoms with Gasteiger partial charge in [-0.25, -0.2) is 4.39 Å². The SMILES string of the molecule is O=C(CCCc1nc(-c2ccc(F)cc2)no1)NNC(=O)Cc1c[nH]c2ccccc12. The van der Waals surface area contributed by atoms with E-state index in [0.717, 1.165) is 16.5 Å². The molecular weight excluding hydrogens is 401 g/mol. The Balaban J connectivity index is 1.19. The number of aromatic amines is 1. The van der Waals surface area contributed by atoms with Crippen molar-refractivity contribution in [2.45, 2.75) is 25.7 Å². The number of para-hydroxylation sites is 1. The van der Waals surface area contributed by atoms with Crippen molar-refractivity contribution < 1.29 is 18.5 Å². The number of H-pyrrole nitrogens is 1. The fourth-order valence-electron chi connectivity index (χ4n) is 3.17. The van der Waals surface area contributed by atoms with Gasteiger partial charge in [0.15, 0.2) is 0 Å². The molecule has 2 amide bonds. The number of hydrazine groups is 1. The van der Waals surface area contributed by atoms with E-state index in [1.54, 1.807) is 18.3 Å². The Kier molecular flexibility index (Phi) is 6.02. The number of hydrogen-bond acceptors (Lipinski definition) is 5. The van der Waals surface area contributed by atoms with Crippen LogP contribution >= 0.6 is 0 Å². The zero-order valence-corrected chi connectivity index (χ0v) is 16.5. The van der Waals surface area contributed by atoms with Crippen molar-refractivity contribution >= 4 is 22.7 Å². The molecule has 0 unspecified atom stereocenters. The van der Waals surface area contributed by atoms with E-state index in [9.17, 15) is 14.0 Å². The van der Waals surface area contributed by atoms with Gasteiger partial charge in [0.25, 0.3) is 0 Å². The Morgan fingerprint density at radius 3 is 2.65 bits per heavy atom. The second-order valence-corrected chi connectivity index (χ2v) is 7.00. The fourth-order valence-corrected chi connectivity index (χ4v) is 3.17. The van der Waals surface area contributed by atoms with Gasteiger partial charge < -0.3 is 9.51 Å². The molecule has 0 bridgehead atoms. The van der Waals surface area contributed by atoms with E-state index in [-0.39, 0.29) is 30.5 Å². The summed E-state index contributed by atoms with van der Waals surface area (Å²) in [6.07, 6.45) is 3.00. The van der Waals surface area contributed by atoms with Crippen molar-refractivity contribution in [3.8, 4) is 11.4 Å². The van der Waals surface area contributed by atoms with Crippen LogP contribution in [0, 0.1) is 5.82 Å². The number of aryl methyl sites for hydroxylation is 1. The number of nitrogens with one attached hydrogen (secondary N) is 3. The quantitative estimate of drug-likeness (QED) is 0.397. The number of nitrogens with zero attached hydrogens (tertiary/aromatic N) is 2. The number of rotatable bonds is 7. The van der Waals surface area contributed by atoms with Crippen LogP contribution in [0.4, 0.5) is 4.39 Å². The van der Waals surface area contributed by atoms with Crippen LogP contribution in [-0.4, -0.2) is 26.9 Å². The molecule has 9 heteroatoms. The van der Waals surface area contributed by atoms with Gasteiger partial charge in [0, 0.05) is 35.5 Å². The van der Waals surface area contributed by atoms with Gasteiger partial charge in [-0.1, -0.05) is 23.4 Å². The van der Waals surface area contributed by atoms with Crippen LogP contribution in [0.5, 0.6) is 0 Å². The van der Waals surface area contributed by atoms with E-state index in [2.05, 4.69) is 26.0 Å². The lowest BCUT2D eigenvalue weighted by atomic mass is 10.1. The summed E-state index contributed by atoms with van der Waals surface area (Å²) in [5.41, 5.74) is 7.30. The predicted octanol–water partition coefficient (Wildman–Crippen LogP) is 3.07. The van der Waals surface area contributed by atoms with Crippen molar-refractivity contribution in [2.75, 3.05) is 0 Å². The highest BCUT2D eigenvalue weighted by atomic mass is 19.1. The Bertz CT molecular complexity index is 1200. The van der Waals surface area contributed by atoms with Gasteiger partial charge in [0.1, 0.15) is 5.82 Å². The molecule has 2 aromatic carbocycles. The van der Waals surface area contributed by atoms with Gasteiger partial charge in [-0.3, -0.25) is 20.4 Å². The number of halogens is 1. The fraction of sp³-hybridized carbons (Fsp3) is 0.182. The molecule has 0 saturated carbocycles. The normalized spacial score (nSPS) is 10.9. The number of carbonyl (C=O) groups excluding carboxylic acids is 2. The molecule has 0 aliphatic carbocycles. The van der Waals surface area contributed by atoms with Gasteiger partial charge in [-0.05, 0) is 42.3 Å². The number of carbonyl (C=O) groups is 2. The lowest BCUT2D eigenvalue weighted by Gasteiger charge is -2.06. The topological polar surface area (TPSA) is 113 Å². The lowest BCUT2D eigenvalue weighted by Crippen LogP contribution is -2.42. The minimum absolute atomic E-state index is 0.151. The Morgan fingerprint density at radius 2 is 1.81 bits per heavy atom. The Hall–Kier alpha value is -4.01. The van der Waals surface area contributed by atoms with Crippen molar-refractivity contribution in [1.82, 2.24) is 26.0 Å². The van der Waals surface area contributed by atoms with E-state index in [1.165, 1.54) is 12.1 Å². The molecule has 0 saturated heterocycles. The standard InChI is InChI=1S/C22H20FN5O3/c23-16-10-8-14(9-11-16)22-25-21(31-28-22)7-3-6-19(29)26-27-20(30)12-15-13-24-18-5-2-1-4-17(15)18/h1-2,4-5,8-11,13,24H,3,6-7,12H2,(H,26,29)(H,27,30). The molecule has 0 aliphatic rings. The third-order valence-corrected chi connectivity index (χ3v) is 4.73. The molecule has 2 heterocycles. The summed E-state index contributed by atoms with van der Waals surface area (Å²) in [6.45, 7) is 0. The minimum atomic E-state index is -0.341. The molecular formula is C22H20FN5O3. The molecule has 0 fully saturated rings. The van der Waals surface area contributed by atoms with Crippen molar-refractivity contribution in [3.05, 3.63) is 72.0 Å². The molecule has 4 rings (SSSR count). The van der Waals surface area contributed by atoms with Crippen molar-refractivity contribution in [2.24, 2.45) is 0 Å². The smallest absolute Gasteiger partial charge is 0.242 e. The van der Waals surface area contributed by atoms with Crippen molar-refractivity contribution in [3.63, 3.8) is 0 Å². The van der Waals surface area contributed by atoms with Crippen LogP contribution in [-0.2, 0) is 22.4 Å². The zero-order valence-electron chi connectivity index (χ0n) is 16.5. The molecule has 8 nitrogen and oxygen atoms in total. The lowest BCUT2D eigenvalue weighted by molar-refractivity contribution is -0.128. The van der Waals surface area contributed by atoms with Crippen LogP contribution < -0.4 is 10.9 Å². The van der Waals surface area contributed by atoms with E-state index in [4.69, 9.17) is 4.52 Å². The van der Waals surface area contributed by atoms with Gasteiger partial charge in [-0.2, -0.15) is 4.98 Å².